The van der Waals surface area contributed by atoms with E-state index in [2.05, 4.69) is 10.1 Å². The summed E-state index contributed by atoms with van der Waals surface area (Å²) < 4.78 is 15.9. The molecule has 0 atom stereocenters. The van der Waals surface area contributed by atoms with Crippen LogP contribution in [-0.2, 0) is 4.74 Å². The van der Waals surface area contributed by atoms with Gasteiger partial charge in [0.2, 0.25) is 0 Å². The van der Waals surface area contributed by atoms with Crippen LogP contribution in [0.5, 0.6) is 5.75 Å². The minimum Gasteiger partial charge on any atom is -0.496 e. The number of halogens is 1. The minimum atomic E-state index is 0.343. The monoisotopic (exact) mass is 310 g/mol. The van der Waals surface area contributed by atoms with Crippen LogP contribution in [0.2, 0.25) is 5.02 Å². The third-order valence-electron chi connectivity index (χ3n) is 3.26. The van der Waals surface area contributed by atoms with Gasteiger partial charge in [0.05, 0.1) is 36.6 Å². The number of nitrogens with zero attached hydrogens (tertiary/aromatic N) is 3. The van der Waals surface area contributed by atoms with Gasteiger partial charge in [-0.3, -0.25) is 0 Å². The van der Waals surface area contributed by atoms with Crippen LogP contribution >= 0.6 is 11.6 Å². The van der Waals surface area contributed by atoms with Gasteiger partial charge in [0.25, 0.3) is 11.8 Å². The van der Waals surface area contributed by atoms with Gasteiger partial charge in [-0.2, -0.15) is 4.98 Å². The first-order valence-corrected chi connectivity index (χ1v) is 6.86. The van der Waals surface area contributed by atoms with Gasteiger partial charge in [-0.25, -0.2) is 0 Å². The molecule has 112 valence electrons. The summed E-state index contributed by atoms with van der Waals surface area (Å²) >= 11 is 6.05. The molecule has 0 aliphatic carbocycles. The Morgan fingerprint density at radius 2 is 2.10 bits per heavy atom. The summed E-state index contributed by atoms with van der Waals surface area (Å²) in [7, 11) is 1.55. The lowest BCUT2D eigenvalue weighted by molar-refractivity contribution is 0.121. The molecule has 1 aromatic carbocycles. The maximum Gasteiger partial charge on any atom is 0.266 e. The molecule has 0 spiro atoms. The first-order valence-electron chi connectivity index (χ1n) is 6.49. The van der Waals surface area contributed by atoms with Crippen molar-refractivity contribution in [2.24, 2.45) is 0 Å². The SMILES string of the molecule is COc1cc(N)c(Cl)cc1-c1nc(N2CCOCC2)no1. The van der Waals surface area contributed by atoms with Gasteiger partial charge in [0, 0.05) is 19.2 Å². The normalized spacial score (nSPS) is 15.2. The van der Waals surface area contributed by atoms with Crippen molar-refractivity contribution < 1.29 is 14.0 Å². The summed E-state index contributed by atoms with van der Waals surface area (Å²) in [5, 5.41) is 4.41. The van der Waals surface area contributed by atoms with E-state index in [-0.39, 0.29) is 0 Å². The molecule has 21 heavy (non-hydrogen) atoms. The third kappa shape index (κ3) is 2.74. The highest BCUT2D eigenvalue weighted by Gasteiger charge is 2.20. The number of aromatic nitrogens is 2. The summed E-state index contributed by atoms with van der Waals surface area (Å²) in [4.78, 5) is 6.40. The van der Waals surface area contributed by atoms with E-state index in [4.69, 9.17) is 31.3 Å². The zero-order chi connectivity index (χ0) is 14.8. The molecule has 0 unspecified atom stereocenters. The fourth-order valence-electron chi connectivity index (χ4n) is 2.12. The van der Waals surface area contributed by atoms with Crippen LogP contribution < -0.4 is 15.4 Å². The van der Waals surface area contributed by atoms with Gasteiger partial charge >= 0.3 is 0 Å². The molecule has 1 saturated heterocycles. The number of morpholine rings is 1. The molecular formula is C13H15ClN4O3. The lowest BCUT2D eigenvalue weighted by Crippen LogP contribution is -2.36. The Hall–Kier alpha value is -1.99. The minimum absolute atomic E-state index is 0.343. The van der Waals surface area contributed by atoms with Gasteiger partial charge in [-0.05, 0) is 11.2 Å². The van der Waals surface area contributed by atoms with Gasteiger partial charge in [0.15, 0.2) is 0 Å². The average Bonchev–Trinajstić information content (AvgIpc) is 3.00. The number of anilines is 2. The maximum absolute atomic E-state index is 6.05. The maximum atomic E-state index is 6.05. The number of hydrogen-bond acceptors (Lipinski definition) is 7. The summed E-state index contributed by atoms with van der Waals surface area (Å²) in [5.41, 5.74) is 6.81. The highest BCUT2D eigenvalue weighted by Crippen LogP contribution is 2.35. The second kappa shape index (κ2) is 5.79. The highest BCUT2D eigenvalue weighted by molar-refractivity contribution is 6.33. The second-order valence-electron chi connectivity index (χ2n) is 4.57. The van der Waals surface area contributed by atoms with Crippen molar-refractivity contribution in [3.8, 4) is 17.2 Å². The van der Waals surface area contributed by atoms with Crippen molar-refractivity contribution >= 4 is 23.2 Å². The lowest BCUT2D eigenvalue weighted by atomic mass is 10.2. The van der Waals surface area contributed by atoms with Crippen molar-refractivity contribution in [2.45, 2.75) is 0 Å². The molecular weight excluding hydrogens is 296 g/mol. The fraction of sp³-hybridized carbons (Fsp3) is 0.385. The second-order valence-corrected chi connectivity index (χ2v) is 4.98. The van der Waals surface area contributed by atoms with Gasteiger partial charge in [-0.15, -0.1) is 0 Å². The van der Waals surface area contributed by atoms with Gasteiger partial charge < -0.3 is 24.6 Å². The molecule has 7 nitrogen and oxygen atoms in total. The molecule has 2 aromatic rings. The van der Waals surface area contributed by atoms with E-state index >= 15 is 0 Å². The molecule has 1 aliphatic heterocycles. The van der Waals surface area contributed by atoms with Crippen LogP contribution in [0.1, 0.15) is 0 Å². The number of ether oxygens (including phenoxy) is 2. The molecule has 0 bridgehead atoms. The van der Waals surface area contributed by atoms with Crippen LogP contribution in [0.15, 0.2) is 16.7 Å². The number of benzene rings is 1. The molecule has 8 heteroatoms. The predicted molar refractivity (Wildman–Crippen MR) is 78.7 cm³/mol. The number of rotatable bonds is 3. The first kappa shape index (κ1) is 14.0. The van der Waals surface area contributed by atoms with E-state index in [9.17, 15) is 0 Å². The van der Waals surface area contributed by atoms with E-state index < -0.39 is 0 Å². The van der Waals surface area contributed by atoms with Crippen LogP contribution in [0.25, 0.3) is 11.5 Å². The van der Waals surface area contributed by atoms with Crippen molar-refractivity contribution in [2.75, 3.05) is 44.0 Å². The van der Waals surface area contributed by atoms with Crippen LogP contribution in [0.4, 0.5) is 11.6 Å². The average molecular weight is 311 g/mol. The van der Waals surface area contributed by atoms with E-state index in [1.165, 1.54) is 0 Å². The predicted octanol–water partition coefficient (Wildman–Crippen LogP) is 1.82. The van der Waals surface area contributed by atoms with E-state index in [1.54, 1.807) is 19.2 Å². The van der Waals surface area contributed by atoms with Crippen molar-refractivity contribution in [3.63, 3.8) is 0 Å². The summed E-state index contributed by atoms with van der Waals surface area (Å²) in [6, 6.07) is 3.29. The smallest absolute Gasteiger partial charge is 0.266 e. The Balaban J connectivity index is 1.94. The summed E-state index contributed by atoms with van der Waals surface area (Å²) in [6.45, 7) is 2.78. The Labute approximate surface area is 126 Å². The van der Waals surface area contributed by atoms with Crippen LogP contribution in [0.3, 0.4) is 0 Å². The lowest BCUT2D eigenvalue weighted by Gasteiger charge is -2.24. The van der Waals surface area contributed by atoms with E-state index in [0.29, 0.717) is 47.1 Å². The number of nitrogens with two attached hydrogens (primary N) is 1. The standard InChI is InChI=1S/C13H15ClN4O3/c1-19-11-7-10(15)9(14)6-8(11)12-16-13(17-21-12)18-2-4-20-5-3-18/h6-7H,2-5,15H2,1H3. The fourth-order valence-corrected chi connectivity index (χ4v) is 2.29. The van der Waals surface area contributed by atoms with Crippen LogP contribution in [0, 0.1) is 0 Å². The molecule has 2 heterocycles. The van der Waals surface area contributed by atoms with Crippen LogP contribution in [-0.4, -0.2) is 43.6 Å². The Bertz CT molecular complexity index is 640. The molecule has 0 radical (unpaired) electrons. The molecule has 2 N–H and O–H groups in total. The number of methoxy groups -OCH3 is 1. The molecule has 0 saturated carbocycles. The molecule has 3 rings (SSSR count). The van der Waals surface area contributed by atoms with E-state index in [1.807, 2.05) is 4.90 Å². The quantitative estimate of drug-likeness (QED) is 0.865. The Morgan fingerprint density at radius 3 is 2.81 bits per heavy atom. The Kier molecular flexibility index (Phi) is 3.85. The molecule has 1 aliphatic rings. The zero-order valence-electron chi connectivity index (χ0n) is 11.5. The van der Waals surface area contributed by atoms with Crippen molar-refractivity contribution in [3.05, 3.63) is 17.2 Å². The zero-order valence-corrected chi connectivity index (χ0v) is 12.3. The Morgan fingerprint density at radius 1 is 1.33 bits per heavy atom. The number of hydrogen-bond donors (Lipinski definition) is 1. The number of nitrogen functional groups attached to an aromatic ring is 1. The first-order chi connectivity index (χ1) is 10.2. The van der Waals surface area contributed by atoms with E-state index in [0.717, 1.165) is 13.1 Å². The largest absolute Gasteiger partial charge is 0.496 e. The highest BCUT2D eigenvalue weighted by atomic mass is 35.5. The topological polar surface area (TPSA) is 86.6 Å². The molecule has 1 fully saturated rings. The summed E-state index contributed by atoms with van der Waals surface area (Å²) in [5.74, 6) is 1.41. The summed E-state index contributed by atoms with van der Waals surface area (Å²) in [6.07, 6.45) is 0. The van der Waals surface area contributed by atoms with Crippen molar-refractivity contribution in [1.82, 2.24) is 10.1 Å². The van der Waals surface area contributed by atoms with Gasteiger partial charge in [-0.1, -0.05) is 11.6 Å². The third-order valence-corrected chi connectivity index (χ3v) is 3.59. The van der Waals surface area contributed by atoms with Crippen molar-refractivity contribution in [1.29, 1.82) is 0 Å². The molecule has 0 amide bonds. The van der Waals surface area contributed by atoms with Gasteiger partial charge in [0.1, 0.15) is 5.75 Å². The molecule has 1 aromatic heterocycles.